The summed E-state index contributed by atoms with van der Waals surface area (Å²) in [7, 11) is 0. The van der Waals surface area contributed by atoms with Gasteiger partial charge < -0.3 is 9.32 Å². The first-order valence-electron chi connectivity index (χ1n) is 20.0. The van der Waals surface area contributed by atoms with Crippen molar-refractivity contribution >= 4 is 81.3 Å². The van der Waals surface area contributed by atoms with Crippen LogP contribution in [0.4, 0.5) is 17.1 Å². The SMILES string of the molecule is CC1(C)c2ccccc2-c2c(N(c3ccc(-c4ccc5c(c4)sc4ccccc45)cc3)c3ccc(-c4cccc5ccccc45)c4oc5ccccc5c34)cccc21. The molecule has 1 aliphatic rings. The van der Waals surface area contributed by atoms with Gasteiger partial charge in [-0.05, 0) is 92.7 Å². The van der Waals surface area contributed by atoms with Crippen molar-refractivity contribution in [1.29, 1.82) is 0 Å². The second kappa shape index (κ2) is 12.5. The zero-order chi connectivity index (χ0) is 38.5. The second-order valence-electron chi connectivity index (χ2n) is 16.0. The van der Waals surface area contributed by atoms with Crippen LogP contribution in [0, 0.1) is 0 Å². The molecule has 11 aromatic rings. The molecule has 58 heavy (non-hydrogen) atoms. The summed E-state index contributed by atoms with van der Waals surface area (Å²) in [5.41, 5.74) is 14.9. The number of fused-ring (bicyclic) bond motifs is 10. The summed E-state index contributed by atoms with van der Waals surface area (Å²) in [5.74, 6) is 0. The molecule has 0 spiro atoms. The van der Waals surface area contributed by atoms with Crippen LogP contribution in [0.3, 0.4) is 0 Å². The summed E-state index contributed by atoms with van der Waals surface area (Å²) >= 11 is 1.86. The Hall–Kier alpha value is -6.94. The molecule has 2 aromatic heterocycles. The van der Waals surface area contributed by atoms with Gasteiger partial charge in [0, 0.05) is 47.8 Å². The average molecular weight is 760 g/mol. The highest BCUT2D eigenvalue weighted by molar-refractivity contribution is 7.25. The lowest BCUT2D eigenvalue weighted by Crippen LogP contribution is -2.16. The summed E-state index contributed by atoms with van der Waals surface area (Å²) in [6.45, 7) is 4.71. The Morgan fingerprint density at radius 3 is 2.03 bits per heavy atom. The van der Waals surface area contributed by atoms with Crippen molar-refractivity contribution in [3.8, 4) is 33.4 Å². The molecule has 0 bridgehead atoms. The Labute approximate surface area is 340 Å². The molecule has 9 aromatic carbocycles. The number of rotatable bonds is 5. The summed E-state index contributed by atoms with van der Waals surface area (Å²) in [6, 6.07) is 68.8. The lowest BCUT2D eigenvalue weighted by atomic mass is 9.82. The van der Waals surface area contributed by atoms with Crippen molar-refractivity contribution in [3.63, 3.8) is 0 Å². The van der Waals surface area contributed by atoms with Gasteiger partial charge in [-0.15, -0.1) is 11.3 Å². The van der Waals surface area contributed by atoms with E-state index in [-0.39, 0.29) is 5.41 Å². The van der Waals surface area contributed by atoms with E-state index in [4.69, 9.17) is 4.42 Å². The number of furan rings is 1. The molecule has 0 unspecified atom stereocenters. The van der Waals surface area contributed by atoms with E-state index in [1.54, 1.807) is 0 Å². The lowest BCUT2D eigenvalue weighted by Gasteiger charge is -2.30. The Kier molecular flexibility index (Phi) is 7.18. The molecule has 274 valence electrons. The van der Waals surface area contributed by atoms with Crippen molar-refractivity contribution in [2.45, 2.75) is 19.3 Å². The Bertz CT molecular complexity index is 3430. The van der Waals surface area contributed by atoms with Gasteiger partial charge in [0.2, 0.25) is 0 Å². The summed E-state index contributed by atoms with van der Waals surface area (Å²) in [5, 5.41) is 7.26. The third-order valence-electron chi connectivity index (χ3n) is 12.5. The number of anilines is 3. The van der Waals surface area contributed by atoms with Gasteiger partial charge in [-0.25, -0.2) is 0 Å². The lowest BCUT2D eigenvalue weighted by molar-refractivity contribution is 0.660. The van der Waals surface area contributed by atoms with Gasteiger partial charge in [0.05, 0.1) is 16.8 Å². The van der Waals surface area contributed by atoms with Gasteiger partial charge in [-0.2, -0.15) is 0 Å². The maximum absolute atomic E-state index is 6.94. The largest absolute Gasteiger partial charge is 0.455 e. The summed E-state index contributed by atoms with van der Waals surface area (Å²) in [6.07, 6.45) is 0. The molecule has 0 atom stereocenters. The minimum atomic E-state index is -0.140. The van der Waals surface area contributed by atoms with E-state index in [1.807, 2.05) is 11.3 Å². The Balaban J connectivity index is 1.11. The van der Waals surface area contributed by atoms with E-state index >= 15 is 0 Å². The number of nitrogens with zero attached hydrogens (tertiary/aromatic N) is 1. The molecule has 0 N–H and O–H groups in total. The van der Waals surface area contributed by atoms with Gasteiger partial charge in [0.15, 0.2) is 0 Å². The Morgan fingerprint density at radius 2 is 1.14 bits per heavy atom. The van der Waals surface area contributed by atoms with E-state index < -0.39 is 0 Å². The fraction of sp³-hybridized carbons (Fsp3) is 0.0545. The summed E-state index contributed by atoms with van der Waals surface area (Å²) in [4.78, 5) is 2.48. The highest BCUT2D eigenvalue weighted by Gasteiger charge is 2.38. The molecule has 0 radical (unpaired) electrons. The average Bonchev–Trinajstić information content (AvgIpc) is 3.92. The predicted octanol–water partition coefficient (Wildman–Crippen LogP) is 16.2. The molecule has 0 saturated heterocycles. The number of para-hydroxylation sites is 1. The van der Waals surface area contributed by atoms with E-state index in [2.05, 4.69) is 207 Å². The number of hydrogen-bond acceptors (Lipinski definition) is 3. The van der Waals surface area contributed by atoms with Crippen molar-refractivity contribution in [1.82, 2.24) is 0 Å². The topological polar surface area (TPSA) is 16.4 Å². The zero-order valence-corrected chi connectivity index (χ0v) is 33.0. The Morgan fingerprint density at radius 1 is 0.466 bits per heavy atom. The smallest absolute Gasteiger partial charge is 0.145 e. The van der Waals surface area contributed by atoms with Crippen LogP contribution in [-0.2, 0) is 5.41 Å². The number of thiophene rings is 1. The van der Waals surface area contributed by atoms with Gasteiger partial charge in [0.25, 0.3) is 0 Å². The van der Waals surface area contributed by atoms with Crippen LogP contribution in [0.15, 0.2) is 192 Å². The molecule has 2 heterocycles. The highest BCUT2D eigenvalue weighted by atomic mass is 32.1. The maximum atomic E-state index is 6.94. The molecule has 12 rings (SSSR count). The van der Waals surface area contributed by atoms with Crippen molar-refractivity contribution in [2.75, 3.05) is 4.90 Å². The van der Waals surface area contributed by atoms with Crippen LogP contribution in [-0.4, -0.2) is 0 Å². The molecule has 0 aliphatic heterocycles. The third kappa shape index (κ3) is 4.84. The molecule has 3 heteroatoms. The first-order chi connectivity index (χ1) is 28.5. The van der Waals surface area contributed by atoms with Gasteiger partial charge in [0.1, 0.15) is 11.2 Å². The van der Waals surface area contributed by atoms with Crippen molar-refractivity contribution in [3.05, 3.63) is 199 Å². The fourth-order valence-corrected chi connectivity index (χ4v) is 10.9. The van der Waals surface area contributed by atoms with Gasteiger partial charge in [-0.3, -0.25) is 0 Å². The minimum Gasteiger partial charge on any atom is -0.455 e. The highest BCUT2D eigenvalue weighted by Crippen LogP contribution is 2.55. The molecule has 2 nitrogen and oxygen atoms in total. The molecular formula is C55H37NOS. The van der Waals surface area contributed by atoms with Crippen molar-refractivity contribution in [2.24, 2.45) is 0 Å². The fourth-order valence-electron chi connectivity index (χ4n) is 9.71. The molecule has 0 amide bonds. The van der Waals surface area contributed by atoms with E-state index in [0.717, 1.165) is 50.1 Å². The van der Waals surface area contributed by atoms with Crippen LogP contribution >= 0.6 is 11.3 Å². The van der Waals surface area contributed by atoms with E-state index in [9.17, 15) is 0 Å². The van der Waals surface area contributed by atoms with Gasteiger partial charge in [-0.1, -0.05) is 153 Å². The van der Waals surface area contributed by atoms with E-state index in [0.29, 0.717) is 0 Å². The first-order valence-corrected chi connectivity index (χ1v) is 20.8. The molecule has 0 fully saturated rings. The summed E-state index contributed by atoms with van der Waals surface area (Å²) < 4.78 is 9.58. The van der Waals surface area contributed by atoms with Crippen molar-refractivity contribution < 1.29 is 4.42 Å². The standard InChI is InChI=1S/C55H37NOS/c1-55(2)45-20-8-5-17-43(45)52-46(55)21-12-22-47(52)56(37-28-25-34(26-29-37)36-27-30-41-40-16-7-10-24-50(40)58-51(41)33-36)48-32-31-42(39-19-11-14-35-13-3-4-15-38(35)39)54-53(48)44-18-6-9-23-49(44)57-54/h3-33H,1-2H3. The number of hydrogen-bond donors (Lipinski definition) is 0. The predicted molar refractivity (Wildman–Crippen MR) is 247 cm³/mol. The second-order valence-corrected chi connectivity index (χ2v) is 17.1. The molecule has 1 aliphatic carbocycles. The van der Waals surface area contributed by atoms with Crippen LogP contribution in [0.1, 0.15) is 25.0 Å². The number of benzene rings is 9. The van der Waals surface area contributed by atoms with Crippen LogP contribution < -0.4 is 4.90 Å². The third-order valence-corrected chi connectivity index (χ3v) is 13.6. The zero-order valence-electron chi connectivity index (χ0n) is 32.2. The normalized spacial score (nSPS) is 13.1. The van der Waals surface area contributed by atoms with Gasteiger partial charge >= 0.3 is 0 Å². The first kappa shape index (κ1) is 33.2. The van der Waals surface area contributed by atoms with Crippen LogP contribution in [0.2, 0.25) is 0 Å². The quantitative estimate of drug-likeness (QED) is 0.174. The van der Waals surface area contributed by atoms with Crippen LogP contribution in [0.25, 0.3) is 86.3 Å². The van der Waals surface area contributed by atoms with Crippen LogP contribution in [0.5, 0.6) is 0 Å². The maximum Gasteiger partial charge on any atom is 0.145 e. The monoisotopic (exact) mass is 759 g/mol. The minimum absolute atomic E-state index is 0.140. The molecular weight excluding hydrogens is 723 g/mol. The van der Waals surface area contributed by atoms with E-state index in [1.165, 1.54) is 64.3 Å². The molecule has 0 saturated carbocycles.